The molecule has 0 fully saturated rings. The molecule has 0 saturated carbocycles. The Bertz CT molecular complexity index is 307. The van der Waals surface area contributed by atoms with Crippen molar-refractivity contribution in [1.29, 1.82) is 0 Å². The first-order chi connectivity index (χ1) is 8.33. The molecule has 7 heteroatoms. The first-order valence-electron chi connectivity index (χ1n) is 6.18. The molecule has 0 aromatic heterocycles. The molecule has 0 bridgehead atoms. The summed E-state index contributed by atoms with van der Waals surface area (Å²) in [6.45, 7) is 6.28. The third-order valence-electron chi connectivity index (χ3n) is 3.07. The summed E-state index contributed by atoms with van der Waals surface area (Å²) >= 11 is 0. The molecule has 0 saturated heterocycles. The van der Waals surface area contributed by atoms with Gasteiger partial charge in [0, 0.05) is 13.5 Å². The molecule has 0 radical (unpaired) electrons. The Balaban J connectivity index is 3.87. The van der Waals surface area contributed by atoms with Gasteiger partial charge >= 0.3 is 0 Å². The Morgan fingerprint density at radius 3 is 2.33 bits per heavy atom. The van der Waals surface area contributed by atoms with Gasteiger partial charge in [0.1, 0.15) is 6.54 Å². The average molecular weight is 284 g/mol. The van der Waals surface area contributed by atoms with Crippen molar-refractivity contribution in [3.8, 4) is 0 Å². The van der Waals surface area contributed by atoms with Gasteiger partial charge in [0.25, 0.3) is 10.1 Å². The zero-order valence-corrected chi connectivity index (χ0v) is 12.4. The second kappa shape index (κ2) is 8.82. The predicted octanol–water partition coefficient (Wildman–Crippen LogP) is 0.394. The van der Waals surface area contributed by atoms with Crippen LogP contribution in [-0.2, 0) is 19.6 Å². The van der Waals surface area contributed by atoms with Gasteiger partial charge in [0.2, 0.25) is 0 Å². The fraction of sp³-hybridized carbons (Fsp3) is 1.00. The Morgan fingerprint density at radius 2 is 1.83 bits per heavy atom. The van der Waals surface area contributed by atoms with E-state index in [0.29, 0.717) is 32.8 Å². The maximum Gasteiger partial charge on any atom is 0.265 e. The number of nitrogens with zero attached hydrogens (tertiary/aromatic N) is 1. The number of methoxy groups -OCH3 is 1. The monoisotopic (exact) mass is 284 g/mol. The van der Waals surface area contributed by atoms with E-state index in [1.807, 2.05) is 0 Å². The van der Waals surface area contributed by atoms with Gasteiger partial charge in [-0.2, -0.15) is 8.42 Å². The van der Waals surface area contributed by atoms with Gasteiger partial charge in [0.15, 0.2) is 0 Å². The predicted molar refractivity (Wildman–Crippen MR) is 70.2 cm³/mol. The second-order valence-corrected chi connectivity index (χ2v) is 6.20. The van der Waals surface area contributed by atoms with Crippen molar-refractivity contribution in [1.82, 2.24) is 0 Å². The molecule has 0 aromatic carbocycles. The van der Waals surface area contributed by atoms with Crippen molar-refractivity contribution in [3.63, 3.8) is 0 Å². The van der Waals surface area contributed by atoms with E-state index in [1.165, 1.54) is 0 Å². The third-order valence-corrected chi connectivity index (χ3v) is 3.88. The molecule has 0 aromatic rings. The minimum Gasteiger partial charge on any atom is -0.382 e. The number of likely N-dealkylation sites (N-methyl/N-ethyl adjacent to an activating group) is 1. The largest absolute Gasteiger partial charge is 0.382 e. The van der Waals surface area contributed by atoms with Crippen LogP contribution in [0, 0.1) is 0 Å². The summed E-state index contributed by atoms with van der Waals surface area (Å²) in [5.74, 6) is -0.175. The van der Waals surface area contributed by atoms with Crippen LogP contribution in [0.5, 0.6) is 0 Å². The van der Waals surface area contributed by atoms with Crippen LogP contribution in [0.4, 0.5) is 0 Å². The molecule has 0 aliphatic rings. The minimum atomic E-state index is -3.85. The van der Waals surface area contributed by atoms with Gasteiger partial charge < -0.3 is 14.0 Å². The zero-order valence-electron chi connectivity index (χ0n) is 11.6. The summed E-state index contributed by atoms with van der Waals surface area (Å²) in [7, 11) is -0.156. The van der Waals surface area contributed by atoms with Crippen LogP contribution in [0.3, 0.4) is 0 Å². The van der Waals surface area contributed by atoms with Gasteiger partial charge in [0.05, 0.1) is 45.7 Å². The summed E-state index contributed by atoms with van der Waals surface area (Å²) in [4.78, 5) is 0. The van der Waals surface area contributed by atoms with Gasteiger partial charge in [-0.05, 0) is 6.92 Å². The lowest BCUT2D eigenvalue weighted by atomic mass is 10.3. The van der Waals surface area contributed by atoms with Crippen molar-refractivity contribution in [2.24, 2.45) is 0 Å². The summed E-state index contributed by atoms with van der Waals surface area (Å²) < 4.78 is 41.0. The zero-order chi connectivity index (χ0) is 14.1. The maximum atomic E-state index is 10.6. The maximum absolute atomic E-state index is 10.6. The Morgan fingerprint density at radius 1 is 1.17 bits per heavy atom. The van der Waals surface area contributed by atoms with E-state index in [-0.39, 0.29) is 5.75 Å². The molecular weight excluding hydrogens is 258 g/mol. The Labute approximate surface area is 110 Å². The molecule has 0 amide bonds. The molecule has 0 spiro atoms. The number of hydrogen-bond acceptors (Lipinski definition) is 4. The van der Waals surface area contributed by atoms with Gasteiger partial charge in [-0.25, -0.2) is 0 Å². The summed E-state index contributed by atoms with van der Waals surface area (Å²) in [6, 6.07) is 0. The van der Waals surface area contributed by atoms with E-state index in [4.69, 9.17) is 14.0 Å². The first kappa shape index (κ1) is 17.8. The Kier molecular flexibility index (Phi) is 8.71. The molecule has 0 aliphatic heterocycles. The van der Waals surface area contributed by atoms with Crippen molar-refractivity contribution in [2.75, 3.05) is 59.4 Å². The quantitative estimate of drug-likeness (QED) is 0.338. The van der Waals surface area contributed by atoms with E-state index in [1.54, 1.807) is 7.11 Å². The Hall–Kier alpha value is -0.210. The number of hydrogen-bond donors (Lipinski definition) is 1. The molecule has 0 aliphatic carbocycles. The van der Waals surface area contributed by atoms with Gasteiger partial charge in [-0.1, -0.05) is 0 Å². The highest BCUT2D eigenvalue weighted by Gasteiger charge is 2.19. The fourth-order valence-electron chi connectivity index (χ4n) is 1.59. The topological polar surface area (TPSA) is 72.8 Å². The highest BCUT2D eigenvalue weighted by molar-refractivity contribution is 7.85. The van der Waals surface area contributed by atoms with Crippen LogP contribution in [-0.4, -0.2) is 76.8 Å². The fourth-order valence-corrected chi connectivity index (χ4v) is 2.08. The molecular formula is C11H26NO5S+. The summed E-state index contributed by atoms with van der Waals surface area (Å²) in [6.07, 6.45) is 0.460. The molecule has 6 nitrogen and oxygen atoms in total. The number of quaternary nitrogens is 1. The van der Waals surface area contributed by atoms with Crippen molar-refractivity contribution >= 4 is 10.1 Å². The number of ether oxygens (including phenoxy) is 2. The molecule has 0 heterocycles. The molecule has 1 N–H and O–H groups in total. The van der Waals surface area contributed by atoms with Gasteiger partial charge in [-0.3, -0.25) is 4.55 Å². The van der Waals surface area contributed by atoms with Crippen LogP contribution in [0.1, 0.15) is 13.3 Å². The van der Waals surface area contributed by atoms with E-state index >= 15 is 0 Å². The molecule has 110 valence electrons. The lowest BCUT2D eigenvalue weighted by Crippen LogP contribution is -2.47. The normalized spacial score (nSPS) is 15.6. The average Bonchev–Trinajstić information content (AvgIpc) is 2.27. The summed E-state index contributed by atoms with van der Waals surface area (Å²) in [5.41, 5.74) is 0. The van der Waals surface area contributed by atoms with Gasteiger partial charge in [-0.15, -0.1) is 0 Å². The molecule has 1 atom stereocenters. The van der Waals surface area contributed by atoms with Crippen LogP contribution < -0.4 is 0 Å². The SMILES string of the molecule is CC[N+](C)(CCCS(=O)(=O)O)CCOCCOC. The van der Waals surface area contributed by atoms with Crippen LogP contribution in [0.2, 0.25) is 0 Å². The van der Waals surface area contributed by atoms with Crippen molar-refractivity contribution in [2.45, 2.75) is 13.3 Å². The minimum absolute atomic E-state index is 0.175. The molecule has 1 unspecified atom stereocenters. The van der Waals surface area contributed by atoms with Crippen molar-refractivity contribution in [3.05, 3.63) is 0 Å². The van der Waals surface area contributed by atoms with Crippen molar-refractivity contribution < 1.29 is 26.9 Å². The van der Waals surface area contributed by atoms with Crippen LogP contribution in [0.25, 0.3) is 0 Å². The van der Waals surface area contributed by atoms with Crippen LogP contribution in [0.15, 0.2) is 0 Å². The van der Waals surface area contributed by atoms with E-state index in [0.717, 1.165) is 17.6 Å². The highest BCUT2D eigenvalue weighted by Crippen LogP contribution is 2.04. The lowest BCUT2D eigenvalue weighted by Gasteiger charge is -2.33. The summed E-state index contributed by atoms with van der Waals surface area (Å²) in [5, 5.41) is 0. The van der Waals surface area contributed by atoms with E-state index in [2.05, 4.69) is 14.0 Å². The molecule has 18 heavy (non-hydrogen) atoms. The van der Waals surface area contributed by atoms with E-state index in [9.17, 15) is 8.42 Å². The lowest BCUT2D eigenvalue weighted by molar-refractivity contribution is -0.908. The molecule has 0 rings (SSSR count). The highest BCUT2D eigenvalue weighted by atomic mass is 32.2. The first-order valence-corrected chi connectivity index (χ1v) is 7.79. The third kappa shape index (κ3) is 9.78. The smallest absolute Gasteiger partial charge is 0.265 e. The van der Waals surface area contributed by atoms with Crippen LogP contribution >= 0.6 is 0 Å². The van der Waals surface area contributed by atoms with E-state index < -0.39 is 10.1 Å². The second-order valence-electron chi connectivity index (χ2n) is 4.63. The number of rotatable bonds is 11. The standard InChI is InChI=1S/C11H25NO5S/c1-4-12(2,6-5-11-18(13,14)15)7-8-17-10-9-16-3/h4-11H2,1-3H3/p+1.